The van der Waals surface area contributed by atoms with Crippen LogP contribution in [0.25, 0.3) is 11.3 Å². The van der Waals surface area contributed by atoms with E-state index < -0.39 is 0 Å². The van der Waals surface area contributed by atoms with Crippen molar-refractivity contribution in [3.63, 3.8) is 0 Å². The molecule has 2 aromatic rings. The van der Waals surface area contributed by atoms with Crippen LogP contribution in [0.2, 0.25) is 0 Å². The highest BCUT2D eigenvalue weighted by Crippen LogP contribution is 2.19. The van der Waals surface area contributed by atoms with Gasteiger partial charge in [-0.2, -0.15) is 11.8 Å². The minimum absolute atomic E-state index is 0.592. The molecule has 2 nitrogen and oxygen atoms in total. The zero-order valence-electron chi connectivity index (χ0n) is 10.5. The molecule has 0 saturated heterocycles. The molecule has 0 atom stereocenters. The molecule has 0 fully saturated rings. The lowest BCUT2D eigenvalue weighted by molar-refractivity contribution is 1.02. The monoisotopic (exact) mass is 276 g/mol. The van der Waals surface area contributed by atoms with E-state index in [1.807, 2.05) is 36.0 Å². The predicted octanol–water partition coefficient (Wildman–Crippen LogP) is 4.45. The van der Waals surface area contributed by atoms with E-state index in [-0.39, 0.29) is 0 Å². The van der Waals surface area contributed by atoms with Crippen molar-refractivity contribution in [3.05, 3.63) is 46.9 Å². The van der Waals surface area contributed by atoms with Crippen LogP contribution in [0, 0.1) is 4.64 Å². The van der Waals surface area contributed by atoms with Crippen molar-refractivity contribution < 1.29 is 0 Å². The van der Waals surface area contributed by atoms with Gasteiger partial charge in [-0.3, -0.25) is 0 Å². The standard InChI is InChI=1S/C14H16N2S2/c1-10(2)18-9-13-15-12(8-14(17)16-13)11-6-4-3-5-7-11/h3-8,10H,9H2,1-2H3,(H,15,16,17). The first-order valence-electron chi connectivity index (χ1n) is 5.92. The van der Waals surface area contributed by atoms with Gasteiger partial charge >= 0.3 is 0 Å². The van der Waals surface area contributed by atoms with Crippen molar-refractivity contribution in [2.24, 2.45) is 0 Å². The normalized spacial score (nSPS) is 10.8. The molecular formula is C14H16N2S2. The Balaban J connectivity index is 2.30. The Morgan fingerprint density at radius 2 is 2.00 bits per heavy atom. The first-order valence-corrected chi connectivity index (χ1v) is 7.38. The van der Waals surface area contributed by atoms with Crippen LogP contribution in [0.5, 0.6) is 0 Å². The average Bonchev–Trinajstić information content (AvgIpc) is 2.37. The third-order valence-corrected chi connectivity index (χ3v) is 3.75. The van der Waals surface area contributed by atoms with Crippen LogP contribution in [-0.2, 0) is 5.75 Å². The fourth-order valence-corrected chi connectivity index (χ4v) is 2.45. The van der Waals surface area contributed by atoms with E-state index in [1.165, 1.54) is 0 Å². The molecule has 0 amide bonds. The van der Waals surface area contributed by atoms with Gasteiger partial charge in [-0.25, -0.2) is 4.98 Å². The Bertz CT molecular complexity index is 562. The van der Waals surface area contributed by atoms with Crippen molar-refractivity contribution in [2.75, 3.05) is 0 Å². The van der Waals surface area contributed by atoms with Crippen molar-refractivity contribution >= 4 is 24.0 Å². The molecule has 4 heteroatoms. The molecule has 0 saturated carbocycles. The second-order valence-corrected chi connectivity index (χ2v) is 6.29. The van der Waals surface area contributed by atoms with Crippen LogP contribution in [0.4, 0.5) is 0 Å². The summed E-state index contributed by atoms with van der Waals surface area (Å²) in [5, 5.41) is 0.592. The fourth-order valence-electron chi connectivity index (χ4n) is 1.60. The van der Waals surface area contributed by atoms with Crippen LogP contribution >= 0.6 is 24.0 Å². The summed E-state index contributed by atoms with van der Waals surface area (Å²) in [5.41, 5.74) is 2.18. The van der Waals surface area contributed by atoms with Gasteiger partial charge < -0.3 is 4.98 Å². The Hall–Kier alpha value is -1.13. The average molecular weight is 276 g/mol. The summed E-state index contributed by atoms with van der Waals surface area (Å²) >= 11 is 7.08. The summed E-state index contributed by atoms with van der Waals surface area (Å²) in [5.74, 6) is 1.81. The minimum atomic E-state index is 0.592. The van der Waals surface area contributed by atoms with Crippen molar-refractivity contribution in [1.29, 1.82) is 0 Å². The van der Waals surface area contributed by atoms with Gasteiger partial charge in [-0.05, 0) is 16.9 Å². The highest BCUT2D eigenvalue weighted by atomic mass is 32.2. The Labute approximate surface area is 117 Å². The SMILES string of the molecule is CC(C)SCc1nc(=S)cc(-c2ccccc2)[nH]1. The highest BCUT2D eigenvalue weighted by Gasteiger charge is 2.03. The number of nitrogens with one attached hydrogen (secondary N) is 1. The fraction of sp³-hybridized carbons (Fsp3) is 0.286. The Morgan fingerprint density at radius 3 is 2.67 bits per heavy atom. The third kappa shape index (κ3) is 3.68. The summed E-state index contributed by atoms with van der Waals surface area (Å²) in [6.07, 6.45) is 0. The largest absolute Gasteiger partial charge is 0.342 e. The number of thioether (sulfide) groups is 1. The van der Waals surface area contributed by atoms with E-state index in [0.717, 1.165) is 22.8 Å². The molecule has 1 aromatic heterocycles. The van der Waals surface area contributed by atoms with E-state index in [0.29, 0.717) is 9.89 Å². The second-order valence-electron chi connectivity index (χ2n) is 4.31. The molecule has 1 heterocycles. The molecule has 18 heavy (non-hydrogen) atoms. The smallest absolute Gasteiger partial charge is 0.130 e. The van der Waals surface area contributed by atoms with Crippen LogP contribution in [0.15, 0.2) is 36.4 Å². The van der Waals surface area contributed by atoms with Crippen molar-refractivity contribution in [1.82, 2.24) is 9.97 Å². The lowest BCUT2D eigenvalue weighted by Gasteiger charge is -2.07. The number of hydrogen-bond acceptors (Lipinski definition) is 3. The zero-order valence-corrected chi connectivity index (χ0v) is 12.1. The van der Waals surface area contributed by atoms with Crippen molar-refractivity contribution in [3.8, 4) is 11.3 Å². The maximum absolute atomic E-state index is 5.23. The maximum atomic E-state index is 5.23. The Kier molecular flexibility index (Phi) is 4.55. The van der Waals surface area contributed by atoms with E-state index in [2.05, 4.69) is 35.9 Å². The molecule has 0 unspecified atom stereocenters. The maximum Gasteiger partial charge on any atom is 0.130 e. The van der Waals surface area contributed by atoms with Gasteiger partial charge in [-0.15, -0.1) is 0 Å². The lowest BCUT2D eigenvalue weighted by atomic mass is 10.1. The minimum Gasteiger partial charge on any atom is -0.342 e. The summed E-state index contributed by atoms with van der Waals surface area (Å²) < 4.78 is 0.645. The summed E-state index contributed by atoms with van der Waals surface area (Å²) in [6.45, 7) is 4.36. The number of nitrogens with zero attached hydrogens (tertiary/aromatic N) is 1. The summed E-state index contributed by atoms with van der Waals surface area (Å²) in [7, 11) is 0. The predicted molar refractivity (Wildman–Crippen MR) is 81.3 cm³/mol. The first kappa shape index (κ1) is 13.3. The number of aromatic amines is 1. The topological polar surface area (TPSA) is 28.7 Å². The van der Waals surface area contributed by atoms with Gasteiger partial charge in [0.2, 0.25) is 0 Å². The van der Waals surface area contributed by atoms with Crippen LogP contribution in [0.3, 0.4) is 0 Å². The highest BCUT2D eigenvalue weighted by molar-refractivity contribution is 7.99. The molecule has 1 N–H and O–H groups in total. The number of benzene rings is 1. The molecule has 2 rings (SSSR count). The van der Waals surface area contributed by atoms with Crippen molar-refractivity contribution in [2.45, 2.75) is 24.9 Å². The lowest BCUT2D eigenvalue weighted by Crippen LogP contribution is -1.98. The summed E-state index contributed by atoms with van der Waals surface area (Å²) in [4.78, 5) is 7.73. The van der Waals surface area contributed by atoms with Crippen LogP contribution < -0.4 is 0 Å². The molecule has 0 spiro atoms. The van der Waals surface area contributed by atoms with E-state index >= 15 is 0 Å². The molecule has 0 aliphatic carbocycles. The second kappa shape index (κ2) is 6.16. The molecule has 1 aromatic carbocycles. The third-order valence-electron chi connectivity index (χ3n) is 2.43. The van der Waals surface area contributed by atoms with E-state index in [1.54, 1.807) is 0 Å². The molecule has 94 valence electrons. The molecule has 0 bridgehead atoms. The zero-order chi connectivity index (χ0) is 13.0. The quantitative estimate of drug-likeness (QED) is 0.836. The molecule has 0 aliphatic heterocycles. The number of hydrogen-bond donors (Lipinski definition) is 1. The van der Waals surface area contributed by atoms with Gasteiger partial charge in [0, 0.05) is 5.69 Å². The van der Waals surface area contributed by atoms with Gasteiger partial charge in [0.05, 0.1) is 5.75 Å². The van der Waals surface area contributed by atoms with Crippen LogP contribution in [0.1, 0.15) is 19.7 Å². The van der Waals surface area contributed by atoms with Gasteiger partial charge in [0.1, 0.15) is 10.5 Å². The molecule has 0 radical (unpaired) electrons. The first-order chi connectivity index (χ1) is 8.65. The Morgan fingerprint density at radius 1 is 1.28 bits per heavy atom. The summed E-state index contributed by atoms with van der Waals surface area (Å²) in [6, 6.07) is 12.1. The number of H-pyrrole nitrogens is 1. The molecular weight excluding hydrogens is 260 g/mol. The molecule has 0 aliphatic rings. The van der Waals surface area contributed by atoms with E-state index in [9.17, 15) is 0 Å². The van der Waals surface area contributed by atoms with Gasteiger partial charge in [0.15, 0.2) is 0 Å². The van der Waals surface area contributed by atoms with E-state index in [4.69, 9.17) is 12.2 Å². The van der Waals surface area contributed by atoms with Gasteiger partial charge in [0.25, 0.3) is 0 Å². The van der Waals surface area contributed by atoms with Crippen LogP contribution in [-0.4, -0.2) is 15.2 Å². The number of rotatable bonds is 4. The van der Waals surface area contributed by atoms with Gasteiger partial charge in [-0.1, -0.05) is 56.4 Å². The number of aromatic nitrogens is 2.